The molecule has 0 saturated heterocycles. The fraction of sp³-hybridized carbons (Fsp3) is 0.353. The molecule has 0 radical (unpaired) electrons. The molecule has 112 valence electrons. The van der Waals surface area contributed by atoms with Gasteiger partial charge in [-0.15, -0.1) is 0 Å². The van der Waals surface area contributed by atoms with Gasteiger partial charge in [-0.05, 0) is 43.6 Å². The van der Waals surface area contributed by atoms with Crippen LogP contribution in [-0.4, -0.2) is 15.1 Å². The van der Waals surface area contributed by atoms with Crippen LogP contribution >= 0.6 is 11.8 Å². The van der Waals surface area contributed by atoms with Gasteiger partial charge in [-0.2, -0.15) is 0 Å². The fourth-order valence-electron chi connectivity index (χ4n) is 2.05. The Bertz CT molecular complexity index is 577. The lowest BCUT2D eigenvalue weighted by Gasteiger charge is -2.08. The first-order valence-electron chi connectivity index (χ1n) is 7.26. The van der Waals surface area contributed by atoms with E-state index in [-0.39, 0.29) is 0 Å². The quantitative estimate of drug-likeness (QED) is 0.741. The summed E-state index contributed by atoms with van der Waals surface area (Å²) in [5.74, 6) is 0. The molecule has 1 atom stereocenters. The van der Waals surface area contributed by atoms with Crippen LogP contribution in [-0.2, 0) is 6.42 Å². The first-order valence-corrected chi connectivity index (χ1v) is 8.08. The Morgan fingerprint density at radius 1 is 1.38 bits per heavy atom. The number of aliphatic hydroxyl groups is 1. The summed E-state index contributed by atoms with van der Waals surface area (Å²) in [7, 11) is 0. The summed E-state index contributed by atoms with van der Waals surface area (Å²) in [6.07, 6.45) is 6.00. The highest BCUT2D eigenvalue weighted by Gasteiger charge is 2.11. The molecule has 3 nitrogen and oxygen atoms in total. The Labute approximate surface area is 130 Å². The largest absolute Gasteiger partial charge is 0.387 e. The van der Waals surface area contributed by atoms with E-state index in [9.17, 15) is 5.11 Å². The van der Waals surface area contributed by atoms with Crippen LogP contribution in [0.3, 0.4) is 0 Å². The molecule has 4 heteroatoms. The van der Waals surface area contributed by atoms with Crippen LogP contribution in [0.1, 0.15) is 44.1 Å². The molecule has 0 aliphatic rings. The molecule has 2 rings (SSSR count). The Morgan fingerprint density at radius 3 is 2.86 bits per heavy atom. The van der Waals surface area contributed by atoms with Crippen LogP contribution in [0.2, 0.25) is 0 Å². The van der Waals surface area contributed by atoms with Crippen LogP contribution in [0.5, 0.6) is 0 Å². The van der Waals surface area contributed by atoms with Crippen molar-refractivity contribution in [1.29, 1.82) is 0 Å². The molecular weight excluding hydrogens is 280 g/mol. The van der Waals surface area contributed by atoms with Crippen LogP contribution < -0.4 is 0 Å². The average molecular weight is 302 g/mol. The predicted octanol–water partition coefficient (Wildman–Crippen LogP) is 4.48. The van der Waals surface area contributed by atoms with Crippen molar-refractivity contribution in [2.24, 2.45) is 0 Å². The maximum atomic E-state index is 10.2. The molecule has 1 heterocycles. The molecule has 2 N–H and O–H groups in total. The SMILES string of the molecule is C/C=C(\C)Sc1ncc(C(O)CCCc2ccccc2)[nH]1. The molecule has 0 spiro atoms. The lowest BCUT2D eigenvalue weighted by Crippen LogP contribution is -1.99. The number of thioether (sulfide) groups is 1. The first kappa shape index (κ1) is 15.9. The highest BCUT2D eigenvalue weighted by molar-refractivity contribution is 8.02. The number of nitrogens with zero attached hydrogens (tertiary/aromatic N) is 1. The van der Waals surface area contributed by atoms with Gasteiger partial charge in [-0.1, -0.05) is 48.2 Å². The van der Waals surface area contributed by atoms with Crippen molar-refractivity contribution in [3.05, 3.63) is 58.8 Å². The second kappa shape index (κ2) is 8.05. The lowest BCUT2D eigenvalue weighted by atomic mass is 10.1. The minimum absolute atomic E-state index is 0.471. The number of aromatic amines is 1. The Hall–Kier alpha value is -1.52. The van der Waals surface area contributed by atoms with E-state index >= 15 is 0 Å². The summed E-state index contributed by atoms with van der Waals surface area (Å²) in [5, 5.41) is 11.0. The third-order valence-corrected chi connectivity index (χ3v) is 4.34. The minimum atomic E-state index is -0.471. The van der Waals surface area contributed by atoms with Gasteiger partial charge >= 0.3 is 0 Å². The maximum absolute atomic E-state index is 10.2. The van der Waals surface area contributed by atoms with E-state index in [1.54, 1.807) is 18.0 Å². The highest BCUT2D eigenvalue weighted by atomic mass is 32.2. The van der Waals surface area contributed by atoms with Crippen molar-refractivity contribution in [1.82, 2.24) is 9.97 Å². The molecule has 0 saturated carbocycles. The van der Waals surface area contributed by atoms with Crippen LogP contribution in [0.15, 0.2) is 52.7 Å². The van der Waals surface area contributed by atoms with Crippen molar-refractivity contribution in [2.45, 2.75) is 44.4 Å². The van der Waals surface area contributed by atoms with Crippen molar-refractivity contribution >= 4 is 11.8 Å². The smallest absolute Gasteiger partial charge is 0.170 e. The summed E-state index contributed by atoms with van der Waals surface area (Å²) >= 11 is 1.59. The zero-order valence-corrected chi connectivity index (χ0v) is 13.4. The molecule has 0 aliphatic heterocycles. The topological polar surface area (TPSA) is 48.9 Å². The zero-order chi connectivity index (χ0) is 15.1. The summed E-state index contributed by atoms with van der Waals surface area (Å²) < 4.78 is 0. The van der Waals surface area contributed by atoms with Gasteiger partial charge in [0.15, 0.2) is 5.16 Å². The molecule has 1 unspecified atom stereocenters. The first-order chi connectivity index (χ1) is 10.2. The van der Waals surface area contributed by atoms with Gasteiger partial charge in [-0.25, -0.2) is 4.98 Å². The average Bonchev–Trinajstić information content (AvgIpc) is 2.96. The number of aliphatic hydroxyl groups excluding tert-OH is 1. The van der Waals surface area contributed by atoms with Gasteiger partial charge in [-0.3, -0.25) is 0 Å². The third-order valence-electron chi connectivity index (χ3n) is 3.38. The van der Waals surface area contributed by atoms with Crippen LogP contribution in [0, 0.1) is 0 Å². The van der Waals surface area contributed by atoms with Crippen molar-refractivity contribution in [3.63, 3.8) is 0 Å². The zero-order valence-electron chi connectivity index (χ0n) is 12.5. The van der Waals surface area contributed by atoms with E-state index in [4.69, 9.17) is 0 Å². The minimum Gasteiger partial charge on any atom is -0.387 e. The number of aromatic nitrogens is 2. The van der Waals surface area contributed by atoms with E-state index in [0.29, 0.717) is 0 Å². The van der Waals surface area contributed by atoms with Crippen molar-refractivity contribution in [2.75, 3.05) is 0 Å². The van der Waals surface area contributed by atoms with E-state index in [2.05, 4.69) is 22.1 Å². The van der Waals surface area contributed by atoms with E-state index in [0.717, 1.165) is 30.1 Å². The van der Waals surface area contributed by atoms with Gasteiger partial charge in [0.05, 0.1) is 18.0 Å². The second-order valence-corrected chi connectivity index (χ2v) is 6.27. The normalized spacial score (nSPS) is 13.4. The number of hydrogen-bond acceptors (Lipinski definition) is 3. The maximum Gasteiger partial charge on any atom is 0.170 e. The number of hydrogen-bond donors (Lipinski definition) is 2. The van der Waals surface area contributed by atoms with Gasteiger partial charge in [0.1, 0.15) is 0 Å². The van der Waals surface area contributed by atoms with Gasteiger partial charge < -0.3 is 10.1 Å². The van der Waals surface area contributed by atoms with Crippen LogP contribution in [0.4, 0.5) is 0 Å². The standard InChI is InChI=1S/C17H22N2OS/c1-3-13(2)21-17-18-12-15(19-17)16(20)11-7-10-14-8-5-4-6-9-14/h3-6,8-9,12,16,20H,7,10-11H2,1-2H3,(H,18,19)/b13-3+. The predicted molar refractivity (Wildman–Crippen MR) is 88.2 cm³/mol. The van der Waals surface area contributed by atoms with Gasteiger partial charge in [0, 0.05) is 0 Å². The summed E-state index contributed by atoms with van der Waals surface area (Å²) in [4.78, 5) is 8.68. The van der Waals surface area contributed by atoms with Crippen molar-refractivity contribution < 1.29 is 5.11 Å². The molecule has 0 aliphatic carbocycles. The molecule has 0 bridgehead atoms. The number of allylic oxidation sites excluding steroid dienone is 2. The Balaban J connectivity index is 1.82. The lowest BCUT2D eigenvalue weighted by molar-refractivity contribution is 0.160. The number of benzene rings is 1. The van der Waals surface area contributed by atoms with E-state index in [1.165, 1.54) is 10.5 Å². The second-order valence-electron chi connectivity index (χ2n) is 5.04. The molecule has 1 aromatic carbocycles. The molecule has 1 aromatic heterocycles. The van der Waals surface area contributed by atoms with Gasteiger partial charge in [0.2, 0.25) is 0 Å². The molecule has 0 fully saturated rings. The molecule has 2 aromatic rings. The van der Waals surface area contributed by atoms with E-state index in [1.807, 2.05) is 38.1 Å². The summed E-state index contributed by atoms with van der Waals surface area (Å²) in [5.41, 5.74) is 2.11. The Morgan fingerprint density at radius 2 is 2.14 bits per heavy atom. The molecule has 0 amide bonds. The third kappa shape index (κ3) is 5.06. The Kier molecular flexibility index (Phi) is 6.08. The van der Waals surface area contributed by atoms with Crippen LogP contribution in [0.25, 0.3) is 0 Å². The monoisotopic (exact) mass is 302 g/mol. The van der Waals surface area contributed by atoms with Gasteiger partial charge in [0.25, 0.3) is 0 Å². The highest BCUT2D eigenvalue weighted by Crippen LogP contribution is 2.25. The summed E-state index contributed by atoms with van der Waals surface area (Å²) in [6, 6.07) is 10.4. The number of imidazole rings is 1. The molecule has 21 heavy (non-hydrogen) atoms. The number of nitrogens with one attached hydrogen (secondary N) is 1. The van der Waals surface area contributed by atoms with Crippen molar-refractivity contribution in [3.8, 4) is 0 Å². The summed E-state index contributed by atoms with van der Waals surface area (Å²) in [6.45, 7) is 4.05. The number of rotatable bonds is 7. The fourth-order valence-corrected chi connectivity index (χ4v) is 2.75. The number of H-pyrrole nitrogens is 1. The molecular formula is C17H22N2OS. The number of aryl methyl sites for hydroxylation is 1. The van der Waals surface area contributed by atoms with E-state index < -0.39 is 6.10 Å².